The van der Waals surface area contributed by atoms with E-state index >= 15 is 0 Å². The Morgan fingerprint density at radius 2 is 2.00 bits per heavy atom. The molecule has 0 spiro atoms. The Hall–Kier alpha value is -1.55. The van der Waals surface area contributed by atoms with Gasteiger partial charge in [0.05, 0.1) is 12.3 Å². The number of benzene rings is 1. The van der Waals surface area contributed by atoms with Crippen molar-refractivity contribution >= 4 is 23.2 Å². The van der Waals surface area contributed by atoms with E-state index in [2.05, 4.69) is 12.1 Å². The topological polar surface area (TPSA) is 41.9 Å². The van der Waals surface area contributed by atoms with Gasteiger partial charge in [0, 0.05) is 23.9 Å². The zero-order valence-electron chi connectivity index (χ0n) is 14.2. The molecule has 1 amide bonds. The molecule has 24 heavy (non-hydrogen) atoms. The Bertz CT molecular complexity index is 594. The van der Waals surface area contributed by atoms with Crippen LogP contribution in [0.3, 0.4) is 0 Å². The van der Waals surface area contributed by atoms with Crippen LogP contribution in [0.5, 0.6) is 0 Å². The van der Waals surface area contributed by atoms with E-state index in [0.717, 1.165) is 43.5 Å². The van der Waals surface area contributed by atoms with Gasteiger partial charge in [-0.25, -0.2) is 0 Å². The fourth-order valence-electron chi connectivity index (χ4n) is 3.58. The minimum atomic E-state index is -0.0485. The molecule has 0 N–H and O–H groups in total. The highest BCUT2D eigenvalue weighted by molar-refractivity contribution is 6.30. The smallest absolute Gasteiger partial charge is 0.225 e. The Morgan fingerprint density at radius 1 is 1.29 bits per heavy atom. The number of nitrogens with zero attached hydrogens (tertiary/aromatic N) is 2. The molecule has 1 heterocycles. The number of oxime groups is 1. The monoisotopic (exact) mass is 348 g/mol. The molecule has 1 aromatic rings. The summed E-state index contributed by atoms with van der Waals surface area (Å²) in [6.07, 6.45) is 6.09. The molecular weight excluding hydrogens is 324 g/mol. The van der Waals surface area contributed by atoms with Crippen LogP contribution in [-0.4, -0.2) is 35.7 Å². The summed E-state index contributed by atoms with van der Waals surface area (Å²) in [5, 5.41) is 4.94. The van der Waals surface area contributed by atoms with E-state index in [9.17, 15) is 4.79 Å². The first-order valence-corrected chi connectivity index (χ1v) is 9.32. The van der Waals surface area contributed by atoms with E-state index in [1.807, 2.05) is 29.2 Å². The molecule has 1 aliphatic heterocycles. The second kappa shape index (κ2) is 8.02. The maximum Gasteiger partial charge on any atom is 0.225 e. The third kappa shape index (κ3) is 4.10. The summed E-state index contributed by atoms with van der Waals surface area (Å²) in [6, 6.07) is 7.64. The summed E-state index contributed by atoms with van der Waals surface area (Å²) in [6.45, 7) is 3.54. The Balaban J connectivity index is 1.58. The zero-order chi connectivity index (χ0) is 16.9. The summed E-state index contributed by atoms with van der Waals surface area (Å²) >= 11 is 5.93. The molecule has 5 heteroatoms. The molecule has 3 rings (SSSR count). The molecule has 0 aromatic heterocycles. The van der Waals surface area contributed by atoms with E-state index in [1.54, 1.807) is 0 Å². The summed E-state index contributed by atoms with van der Waals surface area (Å²) in [7, 11) is 0. The highest BCUT2D eigenvalue weighted by Crippen LogP contribution is 2.27. The van der Waals surface area contributed by atoms with Crippen molar-refractivity contribution in [2.24, 2.45) is 11.1 Å². The normalized spacial score (nSPS) is 20.8. The maximum atomic E-state index is 12.7. The van der Waals surface area contributed by atoms with Gasteiger partial charge in [0.25, 0.3) is 0 Å². The fraction of sp³-hybridized carbons (Fsp3) is 0.579. The molecule has 1 saturated carbocycles. The lowest BCUT2D eigenvalue weighted by molar-refractivity contribution is -0.137. The molecule has 130 valence electrons. The number of carbonyl (C=O) groups excluding carboxylic acids is 1. The van der Waals surface area contributed by atoms with Gasteiger partial charge < -0.3 is 9.74 Å². The van der Waals surface area contributed by atoms with Crippen LogP contribution in [-0.2, 0) is 9.63 Å². The maximum absolute atomic E-state index is 12.7. The highest BCUT2D eigenvalue weighted by atomic mass is 35.5. The summed E-state index contributed by atoms with van der Waals surface area (Å²) in [5.41, 5.74) is 1.97. The van der Waals surface area contributed by atoms with Crippen molar-refractivity contribution in [3.05, 3.63) is 34.9 Å². The standard InChI is InChI=1S/C19H25ClN2O2/c1-2-11-22(19(23)15-5-3-4-6-15)13-17-12-18(21-24-17)14-7-9-16(20)10-8-14/h7-10,15,17H,2-6,11-13H2,1H3/t17-/m0/s1. The zero-order valence-corrected chi connectivity index (χ0v) is 15.0. The average Bonchev–Trinajstić information content (AvgIpc) is 3.26. The average molecular weight is 349 g/mol. The first kappa shape index (κ1) is 17.3. The van der Waals surface area contributed by atoms with Gasteiger partial charge in [-0.15, -0.1) is 0 Å². The Kier molecular flexibility index (Phi) is 5.77. The summed E-state index contributed by atoms with van der Waals surface area (Å²) < 4.78 is 0. The lowest BCUT2D eigenvalue weighted by atomic mass is 10.0. The van der Waals surface area contributed by atoms with E-state index in [4.69, 9.17) is 16.4 Å². The first-order valence-electron chi connectivity index (χ1n) is 8.94. The molecule has 1 atom stereocenters. The van der Waals surface area contributed by atoms with Crippen LogP contribution >= 0.6 is 11.6 Å². The van der Waals surface area contributed by atoms with E-state index in [-0.39, 0.29) is 12.0 Å². The molecule has 1 fully saturated rings. The third-order valence-electron chi connectivity index (χ3n) is 4.84. The van der Waals surface area contributed by atoms with Crippen molar-refractivity contribution < 1.29 is 9.63 Å². The Labute approximate surface area is 148 Å². The van der Waals surface area contributed by atoms with E-state index < -0.39 is 0 Å². The van der Waals surface area contributed by atoms with Crippen molar-refractivity contribution in [3.8, 4) is 0 Å². The van der Waals surface area contributed by atoms with Crippen LogP contribution in [0.4, 0.5) is 0 Å². The van der Waals surface area contributed by atoms with Crippen LogP contribution in [0.2, 0.25) is 5.02 Å². The number of amides is 1. The largest absolute Gasteiger partial charge is 0.390 e. The van der Waals surface area contributed by atoms with Gasteiger partial charge in [-0.3, -0.25) is 4.79 Å². The number of rotatable bonds is 6. The van der Waals surface area contributed by atoms with Gasteiger partial charge >= 0.3 is 0 Å². The molecule has 0 saturated heterocycles. The lowest BCUT2D eigenvalue weighted by Crippen LogP contribution is -2.41. The lowest BCUT2D eigenvalue weighted by Gasteiger charge is -2.27. The fourth-order valence-corrected chi connectivity index (χ4v) is 3.70. The second-order valence-electron chi connectivity index (χ2n) is 6.74. The first-order chi connectivity index (χ1) is 11.7. The van der Waals surface area contributed by atoms with Crippen molar-refractivity contribution in [3.63, 3.8) is 0 Å². The van der Waals surface area contributed by atoms with Gasteiger partial charge in [-0.1, -0.05) is 48.7 Å². The highest BCUT2D eigenvalue weighted by Gasteiger charge is 2.31. The van der Waals surface area contributed by atoms with Crippen LogP contribution in [0, 0.1) is 5.92 Å². The molecule has 0 bridgehead atoms. The molecule has 2 aliphatic rings. The predicted molar refractivity (Wildman–Crippen MR) is 96.3 cm³/mol. The molecule has 1 aliphatic carbocycles. The van der Waals surface area contributed by atoms with Crippen molar-refractivity contribution in [2.75, 3.05) is 13.1 Å². The predicted octanol–water partition coefficient (Wildman–Crippen LogP) is 4.26. The number of carbonyl (C=O) groups is 1. The molecular formula is C19H25ClN2O2. The van der Waals surface area contributed by atoms with Crippen molar-refractivity contribution in [1.29, 1.82) is 0 Å². The van der Waals surface area contributed by atoms with Gasteiger partial charge in [0.2, 0.25) is 5.91 Å². The molecule has 0 radical (unpaired) electrons. The van der Waals surface area contributed by atoms with Crippen molar-refractivity contribution in [1.82, 2.24) is 4.90 Å². The molecule has 1 aromatic carbocycles. The van der Waals surface area contributed by atoms with Gasteiger partial charge in [0.15, 0.2) is 6.10 Å². The van der Waals surface area contributed by atoms with Crippen LogP contribution in [0.25, 0.3) is 0 Å². The quantitative estimate of drug-likeness (QED) is 0.770. The minimum absolute atomic E-state index is 0.0485. The second-order valence-corrected chi connectivity index (χ2v) is 7.18. The minimum Gasteiger partial charge on any atom is -0.390 e. The molecule has 0 unspecified atom stereocenters. The Morgan fingerprint density at radius 3 is 2.67 bits per heavy atom. The van der Waals surface area contributed by atoms with E-state index in [0.29, 0.717) is 17.5 Å². The van der Waals surface area contributed by atoms with E-state index in [1.165, 1.54) is 12.8 Å². The molecule has 4 nitrogen and oxygen atoms in total. The number of hydrogen-bond acceptors (Lipinski definition) is 3. The van der Waals surface area contributed by atoms with Crippen LogP contribution in [0.15, 0.2) is 29.4 Å². The van der Waals surface area contributed by atoms with Crippen LogP contribution < -0.4 is 0 Å². The van der Waals surface area contributed by atoms with Crippen molar-refractivity contribution in [2.45, 2.75) is 51.6 Å². The van der Waals surface area contributed by atoms with Gasteiger partial charge in [0.1, 0.15) is 0 Å². The summed E-state index contributed by atoms with van der Waals surface area (Å²) in [4.78, 5) is 20.3. The summed E-state index contributed by atoms with van der Waals surface area (Å²) in [5.74, 6) is 0.521. The van der Waals surface area contributed by atoms with Gasteiger partial charge in [-0.05, 0) is 37.0 Å². The number of hydrogen-bond donors (Lipinski definition) is 0. The third-order valence-corrected chi connectivity index (χ3v) is 5.10. The SMILES string of the molecule is CCCN(C[C@@H]1CC(c2ccc(Cl)cc2)=NO1)C(=O)C1CCCC1. The van der Waals surface area contributed by atoms with Gasteiger partial charge in [-0.2, -0.15) is 0 Å². The van der Waals surface area contributed by atoms with Crippen LogP contribution in [0.1, 0.15) is 51.0 Å². The number of halogens is 1.